The van der Waals surface area contributed by atoms with Gasteiger partial charge < -0.3 is 9.88 Å². The highest BCUT2D eigenvalue weighted by Crippen LogP contribution is 2.20. The smallest absolute Gasteiger partial charge is 0.106 e. The minimum absolute atomic E-state index is 0.399. The van der Waals surface area contributed by atoms with E-state index in [-0.39, 0.29) is 0 Å². The Bertz CT molecular complexity index is 617. The number of nitrogens with one attached hydrogen (secondary N) is 1. The fraction of sp³-hybridized carbons (Fsp3) is 0.500. The molecule has 0 saturated carbocycles. The van der Waals surface area contributed by atoms with Gasteiger partial charge in [-0.05, 0) is 45.4 Å². The first kappa shape index (κ1) is 14.5. The molecule has 1 N–H and O–H groups in total. The minimum atomic E-state index is -0.399. The molecule has 1 unspecified atom stereocenters. The number of aryl methyl sites for hydroxylation is 2. The summed E-state index contributed by atoms with van der Waals surface area (Å²) in [7, 11) is 1.87. The van der Waals surface area contributed by atoms with Gasteiger partial charge in [-0.2, -0.15) is 5.26 Å². The molecule has 2 rings (SSSR count). The summed E-state index contributed by atoms with van der Waals surface area (Å²) in [5, 5.41) is 12.5. The van der Waals surface area contributed by atoms with Gasteiger partial charge in [0.2, 0.25) is 0 Å². The quantitative estimate of drug-likeness (QED) is 0.878. The highest BCUT2D eigenvalue weighted by molar-refractivity contribution is 5.75. The number of nitrogens with zero attached hydrogens (tertiary/aromatic N) is 3. The van der Waals surface area contributed by atoms with Crippen molar-refractivity contribution in [2.75, 3.05) is 7.05 Å². The second-order valence-electron chi connectivity index (χ2n) is 5.20. The first-order valence-corrected chi connectivity index (χ1v) is 7.18. The van der Waals surface area contributed by atoms with E-state index >= 15 is 0 Å². The maximum Gasteiger partial charge on any atom is 0.106 e. The topological polar surface area (TPSA) is 53.6 Å². The van der Waals surface area contributed by atoms with Crippen LogP contribution in [0.3, 0.4) is 0 Å². The molecule has 2 aromatic rings. The van der Waals surface area contributed by atoms with Gasteiger partial charge in [0.05, 0.1) is 17.1 Å². The fourth-order valence-electron chi connectivity index (χ4n) is 2.69. The van der Waals surface area contributed by atoms with Crippen LogP contribution in [0.1, 0.15) is 32.0 Å². The first-order chi connectivity index (χ1) is 9.65. The number of benzene rings is 1. The van der Waals surface area contributed by atoms with E-state index < -0.39 is 5.54 Å². The molecule has 0 spiro atoms. The minimum Gasteiger partial charge on any atom is -0.328 e. The normalized spacial score (nSPS) is 14.1. The number of fused-ring (bicyclic) bond motifs is 1. The van der Waals surface area contributed by atoms with Crippen LogP contribution in [0.4, 0.5) is 0 Å². The molecule has 0 aliphatic rings. The van der Waals surface area contributed by atoms with Gasteiger partial charge in [0.15, 0.2) is 0 Å². The molecule has 0 aliphatic heterocycles. The lowest BCUT2D eigenvalue weighted by Gasteiger charge is -2.24. The van der Waals surface area contributed by atoms with E-state index in [1.165, 1.54) is 5.52 Å². The van der Waals surface area contributed by atoms with Crippen molar-refractivity contribution in [3.05, 3.63) is 30.1 Å². The lowest BCUT2D eigenvalue weighted by molar-refractivity contribution is 0.381. The van der Waals surface area contributed by atoms with Crippen molar-refractivity contribution in [2.45, 2.75) is 45.2 Å². The van der Waals surface area contributed by atoms with Crippen LogP contribution in [-0.2, 0) is 6.54 Å². The summed E-state index contributed by atoms with van der Waals surface area (Å²) in [5.41, 5.74) is 1.82. The van der Waals surface area contributed by atoms with Crippen molar-refractivity contribution >= 4 is 11.0 Å². The number of nitriles is 1. The average Bonchev–Trinajstić information content (AvgIpc) is 2.80. The Balaban J connectivity index is 2.10. The van der Waals surface area contributed by atoms with Crippen molar-refractivity contribution in [1.82, 2.24) is 14.9 Å². The Morgan fingerprint density at radius 2 is 2.15 bits per heavy atom. The van der Waals surface area contributed by atoms with Crippen LogP contribution in [-0.4, -0.2) is 22.1 Å². The monoisotopic (exact) mass is 270 g/mol. The lowest BCUT2D eigenvalue weighted by Crippen LogP contribution is -2.40. The summed E-state index contributed by atoms with van der Waals surface area (Å²) >= 11 is 0. The van der Waals surface area contributed by atoms with Crippen LogP contribution in [0.15, 0.2) is 24.3 Å². The van der Waals surface area contributed by atoms with Gasteiger partial charge in [0, 0.05) is 6.54 Å². The Morgan fingerprint density at radius 1 is 1.40 bits per heavy atom. The maximum atomic E-state index is 9.33. The number of aromatic nitrogens is 2. The molecule has 0 aliphatic carbocycles. The maximum absolute atomic E-state index is 9.33. The molecular formula is C16H22N4. The second-order valence-corrected chi connectivity index (χ2v) is 5.20. The highest BCUT2D eigenvalue weighted by Gasteiger charge is 2.24. The van der Waals surface area contributed by atoms with Crippen LogP contribution in [0.25, 0.3) is 11.0 Å². The Morgan fingerprint density at radius 3 is 2.80 bits per heavy atom. The molecule has 0 amide bonds. The largest absolute Gasteiger partial charge is 0.328 e. The van der Waals surface area contributed by atoms with E-state index in [1.807, 2.05) is 32.2 Å². The van der Waals surface area contributed by atoms with E-state index in [1.54, 1.807) is 0 Å². The number of hydrogen-bond acceptors (Lipinski definition) is 3. The Kier molecular flexibility index (Phi) is 4.41. The molecule has 1 aromatic heterocycles. The molecular weight excluding hydrogens is 248 g/mol. The van der Waals surface area contributed by atoms with Crippen molar-refractivity contribution in [3.8, 4) is 6.07 Å². The van der Waals surface area contributed by atoms with E-state index in [2.05, 4.69) is 33.9 Å². The molecule has 1 atom stereocenters. The number of imidazole rings is 1. The van der Waals surface area contributed by atoms with E-state index in [4.69, 9.17) is 0 Å². The Hall–Kier alpha value is -1.86. The van der Waals surface area contributed by atoms with Gasteiger partial charge in [-0.3, -0.25) is 0 Å². The van der Waals surface area contributed by atoms with Gasteiger partial charge in [0.25, 0.3) is 0 Å². The van der Waals surface area contributed by atoms with Crippen LogP contribution in [0.2, 0.25) is 0 Å². The number of hydrogen-bond donors (Lipinski definition) is 1. The van der Waals surface area contributed by atoms with Crippen molar-refractivity contribution in [2.24, 2.45) is 0 Å². The third-order valence-corrected chi connectivity index (χ3v) is 4.13. The summed E-state index contributed by atoms with van der Waals surface area (Å²) in [6.07, 6.45) is 2.63. The lowest BCUT2D eigenvalue weighted by atomic mass is 9.92. The predicted molar refractivity (Wildman–Crippen MR) is 81.4 cm³/mol. The van der Waals surface area contributed by atoms with Gasteiger partial charge in [0.1, 0.15) is 11.4 Å². The highest BCUT2D eigenvalue weighted by atomic mass is 15.1. The van der Waals surface area contributed by atoms with E-state index in [0.29, 0.717) is 0 Å². The molecule has 1 heterocycles. The standard InChI is InChI=1S/C16H22N4/c1-4-16(12-17,18-3)10-7-11-20-13(2)19-14-8-5-6-9-15(14)20/h5-6,8-9,18H,4,7,10-11H2,1-3H3. The van der Waals surface area contributed by atoms with Gasteiger partial charge in [-0.25, -0.2) is 4.98 Å². The third kappa shape index (κ3) is 2.68. The van der Waals surface area contributed by atoms with Gasteiger partial charge in [-0.1, -0.05) is 19.1 Å². The molecule has 0 bridgehead atoms. The zero-order chi connectivity index (χ0) is 14.6. The first-order valence-electron chi connectivity index (χ1n) is 7.18. The predicted octanol–water partition coefficient (Wildman–Crippen LogP) is 3.02. The molecule has 4 nitrogen and oxygen atoms in total. The molecule has 20 heavy (non-hydrogen) atoms. The van der Waals surface area contributed by atoms with Crippen LogP contribution in [0, 0.1) is 18.3 Å². The molecule has 0 fully saturated rings. The Labute approximate surface area is 120 Å². The van der Waals surface area contributed by atoms with E-state index in [0.717, 1.165) is 37.1 Å². The van der Waals surface area contributed by atoms with Crippen LogP contribution < -0.4 is 5.32 Å². The average molecular weight is 270 g/mol. The summed E-state index contributed by atoms with van der Waals surface area (Å²) in [6, 6.07) is 10.6. The summed E-state index contributed by atoms with van der Waals surface area (Å²) in [4.78, 5) is 4.57. The van der Waals surface area contributed by atoms with Crippen molar-refractivity contribution in [3.63, 3.8) is 0 Å². The van der Waals surface area contributed by atoms with Gasteiger partial charge >= 0.3 is 0 Å². The summed E-state index contributed by atoms with van der Waals surface area (Å²) < 4.78 is 2.24. The third-order valence-electron chi connectivity index (χ3n) is 4.13. The van der Waals surface area contributed by atoms with E-state index in [9.17, 15) is 5.26 Å². The zero-order valence-electron chi connectivity index (χ0n) is 12.5. The molecule has 0 radical (unpaired) electrons. The van der Waals surface area contributed by atoms with Crippen molar-refractivity contribution < 1.29 is 0 Å². The number of para-hydroxylation sites is 2. The molecule has 1 aromatic carbocycles. The van der Waals surface area contributed by atoms with Gasteiger partial charge in [-0.15, -0.1) is 0 Å². The SMILES string of the molecule is CCC(C#N)(CCCn1c(C)nc2ccccc21)NC. The summed E-state index contributed by atoms with van der Waals surface area (Å²) in [5.74, 6) is 1.04. The fourth-order valence-corrected chi connectivity index (χ4v) is 2.69. The van der Waals surface area contributed by atoms with Crippen LogP contribution in [0.5, 0.6) is 0 Å². The molecule has 4 heteroatoms. The van der Waals surface area contributed by atoms with Crippen LogP contribution >= 0.6 is 0 Å². The zero-order valence-corrected chi connectivity index (χ0v) is 12.5. The number of rotatable bonds is 6. The summed E-state index contributed by atoms with van der Waals surface area (Å²) in [6.45, 7) is 4.99. The second kappa shape index (κ2) is 6.06. The molecule has 106 valence electrons. The van der Waals surface area contributed by atoms with Crippen molar-refractivity contribution in [1.29, 1.82) is 5.26 Å². The molecule has 0 saturated heterocycles.